The normalized spacial score (nSPS) is 12.6. The van der Waals surface area contributed by atoms with Crippen LogP contribution in [0.5, 0.6) is 0 Å². The number of hydrogen-bond donors (Lipinski definition) is 3. The maximum absolute atomic E-state index is 10.6. The SMILES string of the molecule is CC(CCCO)NCc1ccc(C(=O)O)o1. The molecular formula is C11H17NO4. The Balaban J connectivity index is 2.33. The summed E-state index contributed by atoms with van der Waals surface area (Å²) in [6.45, 7) is 2.70. The predicted molar refractivity (Wildman–Crippen MR) is 58.3 cm³/mol. The van der Waals surface area contributed by atoms with Crippen LogP contribution in [0.25, 0.3) is 0 Å². The van der Waals surface area contributed by atoms with E-state index in [0.29, 0.717) is 12.3 Å². The first-order valence-electron chi connectivity index (χ1n) is 5.29. The highest BCUT2D eigenvalue weighted by Crippen LogP contribution is 2.08. The van der Waals surface area contributed by atoms with Crippen molar-refractivity contribution in [2.75, 3.05) is 6.61 Å². The number of carbonyl (C=O) groups is 1. The van der Waals surface area contributed by atoms with Gasteiger partial charge in [0.05, 0.1) is 6.54 Å². The summed E-state index contributed by atoms with van der Waals surface area (Å²) in [7, 11) is 0. The fraction of sp³-hybridized carbons (Fsp3) is 0.545. The molecule has 3 N–H and O–H groups in total. The highest BCUT2D eigenvalue weighted by Gasteiger charge is 2.09. The zero-order valence-electron chi connectivity index (χ0n) is 9.27. The van der Waals surface area contributed by atoms with Crippen LogP contribution in [0.4, 0.5) is 0 Å². The maximum atomic E-state index is 10.6. The number of aliphatic hydroxyl groups excluding tert-OH is 1. The molecular weight excluding hydrogens is 210 g/mol. The topological polar surface area (TPSA) is 82.7 Å². The third-order valence-corrected chi connectivity index (χ3v) is 2.29. The molecule has 0 aromatic carbocycles. The lowest BCUT2D eigenvalue weighted by molar-refractivity contribution is 0.0660. The molecule has 1 aromatic heterocycles. The summed E-state index contributed by atoms with van der Waals surface area (Å²) >= 11 is 0. The average molecular weight is 227 g/mol. The first-order chi connectivity index (χ1) is 7.63. The number of carboxylic acid groups (broad SMARTS) is 1. The van der Waals surface area contributed by atoms with E-state index < -0.39 is 5.97 Å². The van der Waals surface area contributed by atoms with Crippen molar-refractivity contribution in [1.82, 2.24) is 5.32 Å². The standard InChI is InChI=1S/C11H17NO4/c1-8(3-2-6-13)12-7-9-4-5-10(16-9)11(14)15/h4-5,8,12-13H,2-3,6-7H2,1H3,(H,14,15). The van der Waals surface area contributed by atoms with Gasteiger partial charge in [-0.3, -0.25) is 0 Å². The van der Waals surface area contributed by atoms with Crippen LogP contribution in [0, 0.1) is 0 Å². The van der Waals surface area contributed by atoms with Gasteiger partial charge in [-0.25, -0.2) is 4.79 Å². The molecule has 16 heavy (non-hydrogen) atoms. The van der Waals surface area contributed by atoms with E-state index in [-0.39, 0.29) is 18.4 Å². The zero-order valence-corrected chi connectivity index (χ0v) is 9.27. The van der Waals surface area contributed by atoms with Gasteiger partial charge in [0, 0.05) is 12.6 Å². The summed E-state index contributed by atoms with van der Waals surface area (Å²) in [6.07, 6.45) is 1.63. The first-order valence-corrected chi connectivity index (χ1v) is 5.29. The van der Waals surface area contributed by atoms with Gasteiger partial charge in [-0.1, -0.05) is 0 Å². The molecule has 0 radical (unpaired) electrons. The monoisotopic (exact) mass is 227 g/mol. The van der Waals surface area contributed by atoms with Gasteiger partial charge in [0.2, 0.25) is 5.76 Å². The molecule has 90 valence electrons. The molecule has 0 aliphatic carbocycles. The van der Waals surface area contributed by atoms with Crippen LogP contribution in [-0.2, 0) is 6.54 Å². The fourth-order valence-corrected chi connectivity index (χ4v) is 1.36. The Labute approximate surface area is 94.1 Å². The summed E-state index contributed by atoms with van der Waals surface area (Å²) < 4.78 is 5.09. The van der Waals surface area contributed by atoms with E-state index in [0.717, 1.165) is 12.8 Å². The van der Waals surface area contributed by atoms with E-state index in [4.69, 9.17) is 14.6 Å². The van der Waals surface area contributed by atoms with Crippen LogP contribution >= 0.6 is 0 Å². The average Bonchev–Trinajstić information content (AvgIpc) is 2.72. The number of carboxylic acids is 1. The number of rotatable bonds is 7. The van der Waals surface area contributed by atoms with E-state index in [2.05, 4.69) is 5.32 Å². The number of furan rings is 1. The minimum Gasteiger partial charge on any atom is -0.475 e. The van der Waals surface area contributed by atoms with Crippen molar-refractivity contribution in [2.45, 2.75) is 32.4 Å². The summed E-state index contributed by atoms with van der Waals surface area (Å²) in [6, 6.07) is 3.36. The van der Waals surface area contributed by atoms with Gasteiger partial charge < -0.3 is 19.9 Å². The Kier molecular flexibility index (Phi) is 5.01. The fourth-order valence-electron chi connectivity index (χ4n) is 1.36. The van der Waals surface area contributed by atoms with Gasteiger partial charge in [0.15, 0.2) is 0 Å². The van der Waals surface area contributed by atoms with Crippen LogP contribution < -0.4 is 5.32 Å². The quantitative estimate of drug-likeness (QED) is 0.652. The minimum atomic E-state index is -1.06. The number of aliphatic hydroxyl groups is 1. The third kappa shape index (κ3) is 4.04. The second kappa shape index (κ2) is 6.30. The zero-order chi connectivity index (χ0) is 12.0. The van der Waals surface area contributed by atoms with Crippen LogP contribution in [0.3, 0.4) is 0 Å². The molecule has 0 spiro atoms. The van der Waals surface area contributed by atoms with Crippen molar-refractivity contribution in [2.24, 2.45) is 0 Å². The molecule has 5 nitrogen and oxygen atoms in total. The van der Waals surface area contributed by atoms with Gasteiger partial charge in [-0.2, -0.15) is 0 Å². The van der Waals surface area contributed by atoms with Crippen LogP contribution in [0.1, 0.15) is 36.1 Å². The van der Waals surface area contributed by atoms with Gasteiger partial charge in [0.1, 0.15) is 5.76 Å². The van der Waals surface area contributed by atoms with E-state index in [1.54, 1.807) is 6.07 Å². The molecule has 1 rings (SSSR count). The Morgan fingerprint density at radius 3 is 2.88 bits per heavy atom. The Morgan fingerprint density at radius 2 is 2.31 bits per heavy atom. The molecule has 1 unspecified atom stereocenters. The lowest BCUT2D eigenvalue weighted by atomic mass is 10.2. The van der Waals surface area contributed by atoms with Crippen LogP contribution in [0.2, 0.25) is 0 Å². The highest BCUT2D eigenvalue weighted by molar-refractivity contribution is 5.84. The molecule has 0 saturated heterocycles. The number of aromatic carboxylic acids is 1. The van der Waals surface area contributed by atoms with Crippen molar-refractivity contribution in [3.63, 3.8) is 0 Å². The van der Waals surface area contributed by atoms with Crippen molar-refractivity contribution in [3.05, 3.63) is 23.7 Å². The summed E-state index contributed by atoms with van der Waals surface area (Å²) in [5, 5.41) is 20.5. The number of hydrogen-bond acceptors (Lipinski definition) is 4. The number of nitrogens with one attached hydrogen (secondary N) is 1. The lowest BCUT2D eigenvalue weighted by Gasteiger charge is -2.11. The first kappa shape index (κ1) is 12.7. The smallest absolute Gasteiger partial charge is 0.371 e. The highest BCUT2D eigenvalue weighted by atomic mass is 16.4. The Hall–Kier alpha value is -1.33. The molecule has 0 aliphatic rings. The van der Waals surface area contributed by atoms with Gasteiger partial charge in [-0.15, -0.1) is 0 Å². The van der Waals surface area contributed by atoms with Crippen LogP contribution in [-0.4, -0.2) is 28.8 Å². The molecule has 1 aromatic rings. The van der Waals surface area contributed by atoms with E-state index in [1.807, 2.05) is 6.92 Å². The molecule has 5 heteroatoms. The van der Waals surface area contributed by atoms with Gasteiger partial charge in [-0.05, 0) is 31.9 Å². The Bertz CT molecular complexity index is 334. The molecule has 0 amide bonds. The van der Waals surface area contributed by atoms with Crippen LogP contribution in [0.15, 0.2) is 16.5 Å². The van der Waals surface area contributed by atoms with Gasteiger partial charge >= 0.3 is 5.97 Å². The molecule has 0 aliphatic heterocycles. The summed E-state index contributed by atoms with van der Waals surface area (Å²) in [5.74, 6) is -0.493. The van der Waals surface area contributed by atoms with E-state index in [1.165, 1.54) is 6.07 Å². The van der Waals surface area contributed by atoms with Crippen molar-refractivity contribution in [3.8, 4) is 0 Å². The predicted octanol–water partition coefficient (Wildman–Crippen LogP) is 1.23. The Morgan fingerprint density at radius 1 is 1.56 bits per heavy atom. The van der Waals surface area contributed by atoms with Crippen molar-refractivity contribution < 1.29 is 19.4 Å². The minimum absolute atomic E-state index is 0.0418. The summed E-state index contributed by atoms with van der Waals surface area (Å²) in [4.78, 5) is 10.6. The second-order valence-corrected chi connectivity index (χ2v) is 3.72. The van der Waals surface area contributed by atoms with Crippen molar-refractivity contribution >= 4 is 5.97 Å². The molecule has 0 bridgehead atoms. The van der Waals surface area contributed by atoms with Gasteiger partial charge in [0.25, 0.3) is 0 Å². The van der Waals surface area contributed by atoms with E-state index >= 15 is 0 Å². The second-order valence-electron chi connectivity index (χ2n) is 3.72. The third-order valence-electron chi connectivity index (χ3n) is 2.29. The largest absolute Gasteiger partial charge is 0.475 e. The van der Waals surface area contributed by atoms with E-state index in [9.17, 15) is 4.79 Å². The maximum Gasteiger partial charge on any atom is 0.371 e. The molecule has 0 saturated carbocycles. The molecule has 0 fully saturated rings. The molecule has 1 atom stereocenters. The molecule has 1 heterocycles. The summed E-state index contributed by atoms with van der Waals surface area (Å²) in [5.41, 5.74) is 0. The van der Waals surface area contributed by atoms with Crippen molar-refractivity contribution in [1.29, 1.82) is 0 Å². The lowest BCUT2D eigenvalue weighted by Crippen LogP contribution is -2.25.